The van der Waals surface area contributed by atoms with Gasteiger partial charge in [-0.2, -0.15) is 0 Å². The summed E-state index contributed by atoms with van der Waals surface area (Å²) < 4.78 is 30.4. The lowest BCUT2D eigenvalue weighted by atomic mass is 10.0. The number of ether oxygens (including phenoxy) is 1. The van der Waals surface area contributed by atoms with E-state index >= 15 is 0 Å². The van der Waals surface area contributed by atoms with Crippen LogP contribution in [-0.2, 0) is 27.9 Å². The fourth-order valence-electron chi connectivity index (χ4n) is 10.2. The SMILES string of the molecule is CCCCC/C=C\C/C=C\C/C=C\CCCCCCCCCCC(=O)NC(COP(=O)([O-])OCC[N+](C)(C)C)C(/C=C/CCCCCCCCCCCC)OC(=O)CCCCCCCCCCCCCCCCCCCCCCC. The molecule has 0 aromatic rings. The van der Waals surface area contributed by atoms with Crippen molar-refractivity contribution < 1.29 is 37.3 Å². The van der Waals surface area contributed by atoms with Gasteiger partial charge in [0.25, 0.3) is 7.82 Å². The molecule has 0 bridgehead atoms. The van der Waals surface area contributed by atoms with Crippen molar-refractivity contribution in [2.24, 2.45) is 0 Å². The number of quaternary nitrogens is 1. The number of rotatable bonds is 63. The van der Waals surface area contributed by atoms with Crippen LogP contribution < -0.4 is 10.2 Å². The summed E-state index contributed by atoms with van der Waals surface area (Å²) in [6.07, 6.45) is 75.1. The Balaban J connectivity index is 5.12. The van der Waals surface area contributed by atoms with Gasteiger partial charge in [-0.1, -0.05) is 301 Å². The Bertz CT molecular complexity index is 1510. The fraction of sp³-hybridized carbons (Fsp3) is 0.857. The quantitative estimate of drug-likeness (QED) is 0.0212. The molecule has 0 aromatic heterocycles. The molecule has 0 aliphatic heterocycles. The molecule has 80 heavy (non-hydrogen) atoms. The Kier molecular flexibility index (Phi) is 58.6. The zero-order valence-electron chi connectivity index (χ0n) is 53.8. The summed E-state index contributed by atoms with van der Waals surface area (Å²) >= 11 is 0. The lowest BCUT2D eigenvalue weighted by molar-refractivity contribution is -0.870. The highest BCUT2D eigenvalue weighted by atomic mass is 31.2. The van der Waals surface area contributed by atoms with E-state index in [0.29, 0.717) is 17.4 Å². The molecule has 0 radical (unpaired) electrons. The predicted molar refractivity (Wildman–Crippen MR) is 344 cm³/mol. The van der Waals surface area contributed by atoms with Gasteiger partial charge in [-0.15, -0.1) is 0 Å². The summed E-state index contributed by atoms with van der Waals surface area (Å²) in [6.45, 7) is 6.86. The van der Waals surface area contributed by atoms with Gasteiger partial charge in [-0.05, 0) is 70.3 Å². The van der Waals surface area contributed by atoms with Crippen LogP contribution in [-0.4, -0.2) is 69.4 Å². The molecule has 10 heteroatoms. The minimum absolute atomic E-state index is 0.0226. The lowest BCUT2D eigenvalue weighted by Crippen LogP contribution is -2.47. The molecule has 0 saturated heterocycles. The minimum atomic E-state index is -4.70. The first-order chi connectivity index (χ1) is 38.9. The molecule has 0 fully saturated rings. The number of carbonyl (C=O) groups is 2. The van der Waals surface area contributed by atoms with Crippen LogP contribution in [0.3, 0.4) is 0 Å². The van der Waals surface area contributed by atoms with E-state index in [-0.39, 0.29) is 31.5 Å². The van der Waals surface area contributed by atoms with Gasteiger partial charge in [0.05, 0.1) is 33.8 Å². The van der Waals surface area contributed by atoms with E-state index in [1.807, 2.05) is 33.3 Å². The first-order valence-electron chi connectivity index (χ1n) is 34.4. The van der Waals surface area contributed by atoms with Gasteiger partial charge < -0.3 is 28.5 Å². The monoisotopic (exact) mass is 1140 g/mol. The Morgan fingerprint density at radius 2 is 0.762 bits per heavy atom. The van der Waals surface area contributed by atoms with Crippen molar-refractivity contribution in [3.8, 4) is 0 Å². The van der Waals surface area contributed by atoms with E-state index in [1.54, 1.807) is 0 Å². The van der Waals surface area contributed by atoms with E-state index in [1.165, 1.54) is 218 Å². The second-order valence-electron chi connectivity index (χ2n) is 24.7. The van der Waals surface area contributed by atoms with Crippen molar-refractivity contribution in [3.63, 3.8) is 0 Å². The third-order valence-electron chi connectivity index (χ3n) is 15.5. The summed E-state index contributed by atoms with van der Waals surface area (Å²) in [4.78, 5) is 40.1. The number of likely N-dealkylation sites (N-methyl/N-ethyl adjacent to an activating group) is 1. The Morgan fingerprint density at radius 3 is 1.16 bits per heavy atom. The summed E-state index contributed by atoms with van der Waals surface area (Å²) in [6, 6.07) is -0.891. The first-order valence-corrected chi connectivity index (χ1v) is 35.9. The maximum atomic E-state index is 13.6. The summed E-state index contributed by atoms with van der Waals surface area (Å²) in [5.74, 6) is -0.534. The molecule has 0 aromatic carbocycles. The molecule has 470 valence electrons. The summed E-state index contributed by atoms with van der Waals surface area (Å²) in [5, 5.41) is 3.04. The average Bonchev–Trinajstić information content (AvgIpc) is 3.42. The van der Waals surface area contributed by atoms with Crippen molar-refractivity contribution in [2.75, 3.05) is 40.9 Å². The standard InChI is InChI=1S/C70H133N2O7P/c1-7-10-13-16-19-22-25-28-30-32-34-36-38-40-42-44-47-50-53-56-59-62-69(73)71-67(66-78-80(75,76)77-65-64-72(4,5)6)68(61-58-55-52-49-46-27-24-21-18-15-12-9-3)79-70(74)63-60-57-54-51-48-45-43-41-39-37-35-33-31-29-26-23-20-17-14-11-8-2/h19,22,28,30,34,36,58,61,67-68H,7-18,20-21,23-27,29,31-33,35,37-57,59-60,62-66H2,1-6H3,(H-,71,73,75,76)/b22-19-,30-28-,36-34-,61-58+. The van der Waals surface area contributed by atoms with Crippen molar-refractivity contribution in [2.45, 2.75) is 348 Å². The van der Waals surface area contributed by atoms with Crippen LogP contribution in [0.25, 0.3) is 0 Å². The van der Waals surface area contributed by atoms with Gasteiger partial charge >= 0.3 is 5.97 Å². The van der Waals surface area contributed by atoms with Gasteiger partial charge in [-0.3, -0.25) is 14.2 Å². The van der Waals surface area contributed by atoms with Crippen LogP contribution in [0.4, 0.5) is 0 Å². The number of phosphoric acid groups is 1. The number of phosphoric ester groups is 1. The van der Waals surface area contributed by atoms with Crippen LogP contribution in [0.2, 0.25) is 0 Å². The number of nitrogens with zero attached hydrogens (tertiary/aromatic N) is 1. The number of allylic oxidation sites excluding steroid dienone is 7. The second-order valence-corrected chi connectivity index (χ2v) is 26.1. The van der Waals surface area contributed by atoms with E-state index in [4.69, 9.17) is 13.8 Å². The minimum Gasteiger partial charge on any atom is -0.756 e. The molecular formula is C70H133N2O7P. The molecule has 0 spiro atoms. The van der Waals surface area contributed by atoms with E-state index in [0.717, 1.165) is 83.5 Å². The van der Waals surface area contributed by atoms with Gasteiger partial charge in [0.1, 0.15) is 19.3 Å². The molecule has 1 N–H and O–H groups in total. The fourth-order valence-corrected chi connectivity index (χ4v) is 10.9. The molecule has 0 saturated carbocycles. The highest BCUT2D eigenvalue weighted by Gasteiger charge is 2.27. The maximum Gasteiger partial charge on any atom is 0.306 e. The second kappa shape index (κ2) is 60.1. The lowest BCUT2D eigenvalue weighted by Gasteiger charge is -2.30. The molecule has 0 rings (SSSR count). The molecule has 1 amide bonds. The summed E-state index contributed by atoms with van der Waals surface area (Å²) in [7, 11) is 1.19. The Labute approximate surface area is 497 Å². The molecule has 0 aliphatic carbocycles. The van der Waals surface area contributed by atoms with Crippen LogP contribution in [0.15, 0.2) is 48.6 Å². The highest BCUT2D eigenvalue weighted by Crippen LogP contribution is 2.38. The Morgan fingerprint density at radius 1 is 0.438 bits per heavy atom. The molecule has 9 nitrogen and oxygen atoms in total. The van der Waals surface area contributed by atoms with E-state index in [2.05, 4.69) is 62.5 Å². The van der Waals surface area contributed by atoms with Crippen molar-refractivity contribution in [1.82, 2.24) is 5.32 Å². The van der Waals surface area contributed by atoms with Gasteiger partial charge in [-0.25, -0.2) is 0 Å². The predicted octanol–water partition coefficient (Wildman–Crippen LogP) is 21.0. The maximum absolute atomic E-state index is 13.6. The van der Waals surface area contributed by atoms with Gasteiger partial charge in [0, 0.05) is 12.8 Å². The van der Waals surface area contributed by atoms with Crippen LogP contribution >= 0.6 is 7.82 Å². The molecule has 3 unspecified atom stereocenters. The van der Waals surface area contributed by atoms with E-state index < -0.39 is 20.0 Å². The normalized spacial score (nSPS) is 13.8. The number of amides is 1. The van der Waals surface area contributed by atoms with Crippen molar-refractivity contribution >= 4 is 19.7 Å². The third kappa shape index (κ3) is 60.6. The molecule has 0 heterocycles. The molecule has 3 atom stereocenters. The number of esters is 1. The van der Waals surface area contributed by atoms with Gasteiger partial charge in [0.15, 0.2) is 0 Å². The smallest absolute Gasteiger partial charge is 0.306 e. The molecule has 0 aliphatic rings. The Hall–Kier alpha value is -2.03. The zero-order chi connectivity index (χ0) is 58.6. The topological polar surface area (TPSA) is 114 Å². The van der Waals surface area contributed by atoms with E-state index in [9.17, 15) is 19.0 Å². The number of unbranched alkanes of at least 4 members (excludes halogenated alkanes) is 41. The molecular weight excluding hydrogens is 1010 g/mol. The first kappa shape index (κ1) is 78.0. The summed E-state index contributed by atoms with van der Waals surface area (Å²) in [5.41, 5.74) is 0. The van der Waals surface area contributed by atoms with Crippen molar-refractivity contribution in [1.29, 1.82) is 0 Å². The van der Waals surface area contributed by atoms with Crippen LogP contribution in [0.1, 0.15) is 335 Å². The van der Waals surface area contributed by atoms with Crippen LogP contribution in [0, 0.1) is 0 Å². The number of hydrogen-bond donors (Lipinski definition) is 1. The third-order valence-corrected chi connectivity index (χ3v) is 16.5. The number of carbonyl (C=O) groups excluding carboxylic acids is 2. The largest absolute Gasteiger partial charge is 0.756 e. The highest BCUT2D eigenvalue weighted by molar-refractivity contribution is 7.45. The van der Waals surface area contributed by atoms with Gasteiger partial charge in [0.2, 0.25) is 5.91 Å². The zero-order valence-corrected chi connectivity index (χ0v) is 54.7. The number of nitrogens with one attached hydrogen (secondary N) is 1. The van der Waals surface area contributed by atoms with Crippen LogP contribution in [0.5, 0.6) is 0 Å². The number of hydrogen-bond acceptors (Lipinski definition) is 7. The average molecular weight is 1150 g/mol. The van der Waals surface area contributed by atoms with Crippen molar-refractivity contribution in [3.05, 3.63) is 48.6 Å².